The third kappa shape index (κ3) is 7.88. The van der Waals surface area contributed by atoms with Crippen molar-refractivity contribution in [3.63, 3.8) is 0 Å². The van der Waals surface area contributed by atoms with E-state index in [-0.39, 0.29) is 28.8 Å². The molecule has 120 valence electrons. The van der Waals surface area contributed by atoms with E-state index in [0.717, 1.165) is 6.42 Å². The summed E-state index contributed by atoms with van der Waals surface area (Å²) in [7, 11) is 0. The van der Waals surface area contributed by atoms with Crippen LogP contribution in [0.25, 0.3) is 0 Å². The average molecular weight is 286 g/mol. The zero-order valence-electron chi connectivity index (χ0n) is 14.9. The standard InChI is InChI=1S/C17H34O3/c1-10-14(19-12(2)3)20-15(18)13(17(7,8)9)11-16(4,5)6/h12-14H,10-11H2,1-9H3. The molecule has 0 radical (unpaired) electrons. The second kappa shape index (κ2) is 7.44. The third-order valence-corrected chi connectivity index (χ3v) is 3.15. The number of carbonyl (C=O) groups excluding carboxylic acids is 1. The first-order valence-electron chi connectivity index (χ1n) is 7.72. The van der Waals surface area contributed by atoms with Crippen LogP contribution < -0.4 is 0 Å². The highest BCUT2D eigenvalue weighted by atomic mass is 16.7. The first-order chi connectivity index (χ1) is 8.86. The van der Waals surface area contributed by atoms with Gasteiger partial charge in [-0.15, -0.1) is 0 Å². The molecule has 3 heteroatoms. The van der Waals surface area contributed by atoms with E-state index in [0.29, 0.717) is 6.42 Å². The molecule has 0 aromatic rings. The molecule has 0 fully saturated rings. The molecule has 3 nitrogen and oxygen atoms in total. The second-order valence-electron chi connectivity index (χ2n) is 8.14. The molecular weight excluding hydrogens is 252 g/mol. The zero-order chi connectivity index (χ0) is 16.1. The van der Waals surface area contributed by atoms with Crippen LogP contribution in [0.1, 0.15) is 75.2 Å². The predicted octanol–water partition coefficient (Wildman–Crippen LogP) is 4.79. The number of carbonyl (C=O) groups is 1. The van der Waals surface area contributed by atoms with Gasteiger partial charge in [-0.2, -0.15) is 0 Å². The molecule has 0 amide bonds. The fourth-order valence-electron chi connectivity index (χ4n) is 2.08. The van der Waals surface area contributed by atoms with Crippen molar-refractivity contribution in [2.24, 2.45) is 16.7 Å². The van der Waals surface area contributed by atoms with Crippen molar-refractivity contribution >= 4 is 5.97 Å². The Hall–Kier alpha value is -0.570. The molecule has 2 unspecified atom stereocenters. The molecule has 0 spiro atoms. The number of rotatable bonds is 6. The van der Waals surface area contributed by atoms with Gasteiger partial charge in [0.15, 0.2) is 0 Å². The minimum atomic E-state index is -0.438. The molecule has 0 aromatic heterocycles. The fraction of sp³-hybridized carbons (Fsp3) is 0.941. The van der Waals surface area contributed by atoms with Gasteiger partial charge >= 0.3 is 5.97 Å². The van der Waals surface area contributed by atoms with Crippen LogP contribution in [0.4, 0.5) is 0 Å². The lowest BCUT2D eigenvalue weighted by molar-refractivity contribution is -0.195. The van der Waals surface area contributed by atoms with Crippen molar-refractivity contribution < 1.29 is 14.3 Å². The lowest BCUT2D eigenvalue weighted by Gasteiger charge is -2.34. The van der Waals surface area contributed by atoms with Gasteiger partial charge in [0.2, 0.25) is 6.29 Å². The summed E-state index contributed by atoms with van der Waals surface area (Å²) in [6.07, 6.45) is 1.11. The number of hydrogen-bond acceptors (Lipinski definition) is 3. The Kier molecular flexibility index (Phi) is 7.23. The summed E-state index contributed by atoms with van der Waals surface area (Å²) in [5.41, 5.74) is -0.0158. The maximum Gasteiger partial charge on any atom is 0.311 e. The summed E-state index contributed by atoms with van der Waals surface area (Å²) in [4.78, 5) is 12.5. The van der Waals surface area contributed by atoms with Gasteiger partial charge in [0.25, 0.3) is 0 Å². The minimum Gasteiger partial charge on any atom is -0.436 e. The Balaban J connectivity index is 4.87. The van der Waals surface area contributed by atoms with Crippen LogP contribution in [0.3, 0.4) is 0 Å². The van der Waals surface area contributed by atoms with Gasteiger partial charge in [-0.25, -0.2) is 0 Å². The van der Waals surface area contributed by atoms with Gasteiger partial charge in [0.1, 0.15) is 0 Å². The molecule has 0 aliphatic rings. The SMILES string of the molecule is CCC(OC(=O)C(CC(C)(C)C)C(C)(C)C)OC(C)C. The first kappa shape index (κ1) is 19.4. The van der Waals surface area contributed by atoms with Crippen molar-refractivity contribution in [2.75, 3.05) is 0 Å². The van der Waals surface area contributed by atoms with Crippen molar-refractivity contribution in [3.8, 4) is 0 Å². The predicted molar refractivity (Wildman–Crippen MR) is 83.4 cm³/mol. The van der Waals surface area contributed by atoms with Crippen LogP contribution in [-0.4, -0.2) is 18.4 Å². The van der Waals surface area contributed by atoms with Gasteiger partial charge < -0.3 is 9.47 Å². The highest BCUT2D eigenvalue weighted by Crippen LogP contribution is 2.37. The second-order valence-corrected chi connectivity index (χ2v) is 8.14. The van der Waals surface area contributed by atoms with Gasteiger partial charge in [0, 0.05) is 6.42 Å². The lowest BCUT2D eigenvalue weighted by Crippen LogP contribution is -2.36. The molecule has 0 saturated heterocycles. The number of hydrogen-bond donors (Lipinski definition) is 0. The Bertz CT molecular complexity index is 294. The molecule has 0 N–H and O–H groups in total. The molecule has 0 aliphatic heterocycles. The highest BCUT2D eigenvalue weighted by Gasteiger charge is 2.36. The van der Waals surface area contributed by atoms with E-state index in [4.69, 9.17) is 9.47 Å². The smallest absolute Gasteiger partial charge is 0.311 e. The van der Waals surface area contributed by atoms with Gasteiger partial charge in [-0.3, -0.25) is 4.79 Å². The van der Waals surface area contributed by atoms with Crippen molar-refractivity contribution in [3.05, 3.63) is 0 Å². The Labute approximate surface area is 125 Å². The maximum absolute atomic E-state index is 12.5. The van der Waals surface area contributed by atoms with Gasteiger partial charge in [0.05, 0.1) is 12.0 Å². The van der Waals surface area contributed by atoms with Crippen LogP contribution >= 0.6 is 0 Å². The van der Waals surface area contributed by atoms with Crippen molar-refractivity contribution in [1.82, 2.24) is 0 Å². The van der Waals surface area contributed by atoms with Crippen LogP contribution in [0, 0.1) is 16.7 Å². The average Bonchev–Trinajstić information content (AvgIpc) is 2.21. The summed E-state index contributed by atoms with van der Waals surface area (Å²) < 4.78 is 11.2. The van der Waals surface area contributed by atoms with Crippen molar-refractivity contribution in [1.29, 1.82) is 0 Å². The molecule has 0 rings (SSSR count). The normalized spacial score (nSPS) is 16.1. The zero-order valence-corrected chi connectivity index (χ0v) is 14.9. The summed E-state index contributed by atoms with van der Waals surface area (Å²) in [6, 6.07) is 0. The highest BCUT2D eigenvalue weighted by molar-refractivity contribution is 5.73. The van der Waals surface area contributed by atoms with Crippen LogP contribution in [0.2, 0.25) is 0 Å². The van der Waals surface area contributed by atoms with E-state index in [1.807, 2.05) is 20.8 Å². The summed E-state index contributed by atoms with van der Waals surface area (Å²) in [5, 5.41) is 0. The fourth-order valence-corrected chi connectivity index (χ4v) is 2.08. The molecule has 0 saturated carbocycles. The molecule has 0 bridgehead atoms. The van der Waals surface area contributed by atoms with Crippen LogP contribution in [-0.2, 0) is 14.3 Å². The first-order valence-corrected chi connectivity index (χ1v) is 7.72. The largest absolute Gasteiger partial charge is 0.436 e. The van der Waals surface area contributed by atoms with E-state index in [1.165, 1.54) is 0 Å². The van der Waals surface area contributed by atoms with E-state index in [1.54, 1.807) is 0 Å². The third-order valence-electron chi connectivity index (χ3n) is 3.15. The molecule has 0 aromatic carbocycles. The lowest BCUT2D eigenvalue weighted by atomic mass is 9.72. The quantitative estimate of drug-likeness (QED) is 0.520. The molecule has 0 heterocycles. The van der Waals surface area contributed by atoms with Crippen LogP contribution in [0.5, 0.6) is 0 Å². The van der Waals surface area contributed by atoms with E-state index >= 15 is 0 Å². The minimum absolute atomic E-state index is 0.0588. The summed E-state index contributed by atoms with van der Waals surface area (Å²) in [6.45, 7) is 18.6. The van der Waals surface area contributed by atoms with E-state index in [2.05, 4.69) is 41.5 Å². The van der Waals surface area contributed by atoms with E-state index in [9.17, 15) is 4.79 Å². The molecule has 2 atom stereocenters. The number of esters is 1. The monoisotopic (exact) mass is 286 g/mol. The molecule has 20 heavy (non-hydrogen) atoms. The van der Waals surface area contributed by atoms with Gasteiger partial charge in [-0.1, -0.05) is 48.5 Å². The Morgan fingerprint density at radius 3 is 1.85 bits per heavy atom. The summed E-state index contributed by atoms with van der Waals surface area (Å²) >= 11 is 0. The Morgan fingerprint density at radius 1 is 1.05 bits per heavy atom. The maximum atomic E-state index is 12.5. The van der Waals surface area contributed by atoms with Crippen LogP contribution in [0.15, 0.2) is 0 Å². The van der Waals surface area contributed by atoms with Crippen molar-refractivity contribution in [2.45, 2.75) is 87.5 Å². The van der Waals surface area contributed by atoms with E-state index < -0.39 is 6.29 Å². The number of ether oxygens (including phenoxy) is 2. The summed E-state index contributed by atoms with van der Waals surface area (Å²) in [5.74, 6) is -0.257. The molecular formula is C17H34O3. The topological polar surface area (TPSA) is 35.5 Å². The van der Waals surface area contributed by atoms with Gasteiger partial charge in [-0.05, 0) is 31.1 Å². The Morgan fingerprint density at radius 2 is 1.55 bits per heavy atom. The molecule has 0 aliphatic carbocycles.